The third kappa shape index (κ3) is 5.69. The molecule has 1 aromatic heterocycles. The van der Waals surface area contributed by atoms with Crippen molar-refractivity contribution in [2.75, 3.05) is 30.8 Å². The molecule has 0 fully saturated rings. The molecule has 108 valence electrons. The largest absolute Gasteiger partial charge is 0.463 e. The van der Waals surface area contributed by atoms with E-state index in [1.165, 1.54) is 0 Å². The molecule has 0 aliphatic heterocycles. The Bertz CT molecular complexity index is 375. The Morgan fingerprint density at radius 3 is 2.53 bits per heavy atom. The number of nitrogens with one attached hydrogen (secondary N) is 2. The van der Waals surface area contributed by atoms with Gasteiger partial charge >= 0.3 is 6.01 Å². The first kappa shape index (κ1) is 15.4. The van der Waals surface area contributed by atoms with Gasteiger partial charge in [-0.2, -0.15) is 15.0 Å². The topological polar surface area (TPSA) is 92.2 Å². The average Bonchev–Trinajstić information content (AvgIpc) is 2.43. The molecule has 0 aliphatic rings. The average molecular weight is 269 g/mol. The minimum absolute atomic E-state index is 0.286. The SMILES string of the molecule is CCCOc1nc(NC)nc(NCC(O)CCC)n1. The lowest BCUT2D eigenvalue weighted by Gasteiger charge is -2.12. The quantitative estimate of drug-likeness (QED) is 0.621. The summed E-state index contributed by atoms with van der Waals surface area (Å²) in [5.74, 6) is 0.842. The predicted octanol–water partition coefficient (Wildman–Crippen LogP) is 1.27. The molecule has 0 bridgehead atoms. The Labute approximate surface area is 113 Å². The summed E-state index contributed by atoms with van der Waals surface area (Å²) in [7, 11) is 1.73. The number of hydrogen-bond acceptors (Lipinski definition) is 7. The van der Waals surface area contributed by atoms with E-state index in [1.54, 1.807) is 7.05 Å². The molecule has 1 unspecified atom stereocenters. The number of hydrogen-bond donors (Lipinski definition) is 3. The second kappa shape index (κ2) is 8.47. The Morgan fingerprint density at radius 1 is 1.16 bits per heavy atom. The lowest BCUT2D eigenvalue weighted by Crippen LogP contribution is -2.20. The van der Waals surface area contributed by atoms with Crippen LogP contribution in [0.4, 0.5) is 11.9 Å². The van der Waals surface area contributed by atoms with E-state index < -0.39 is 6.10 Å². The molecular weight excluding hydrogens is 246 g/mol. The Hall–Kier alpha value is -1.63. The highest BCUT2D eigenvalue weighted by atomic mass is 16.5. The Balaban J connectivity index is 2.65. The van der Waals surface area contributed by atoms with Gasteiger partial charge in [-0.1, -0.05) is 20.3 Å². The maximum Gasteiger partial charge on any atom is 0.323 e. The normalized spacial score (nSPS) is 12.0. The van der Waals surface area contributed by atoms with E-state index in [9.17, 15) is 5.11 Å². The van der Waals surface area contributed by atoms with Gasteiger partial charge in [0.15, 0.2) is 0 Å². The second-order valence-corrected chi connectivity index (χ2v) is 4.19. The zero-order valence-corrected chi connectivity index (χ0v) is 11.8. The van der Waals surface area contributed by atoms with Crippen molar-refractivity contribution in [3.63, 3.8) is 0 Å². The van der Waals surface area contributed by atoms with Gasteiger partial charge < -0.3 is 20.5 Å². The molecule has 7 heteroatoms. The van der Waals surface area contributed by atoms with Gasteiger partial charge in [0.05, 0.1) is 12.7 Å². The number of aromatic nitrogens is 3. The molecule has 19 heavy (non-hydrogen) atoms. The Kier molecular flexibility index (Phi) is 6.88. The third-order valence-electron chi connectivity index (χ3n) is 2.39. The molecule has 1 rings (SSSR count). The summed E-state index contributed by atoms with van der Waals surface area (Å²) in [4.78, 5) is 12.4. The standard InChI is InChI=1S/C12H23N5O2/c1-4-6-9(18)8-14-11-15-10(13-3)16-12(17-11)19-7-5-2/h9,18H,4-8H2,1-3H3,(H2,13,14,15,16,17). The fraction of sp³-hybridized carbons (Fsp3) is 0.750. The summed E-state index contributed by atoms with van der Waals surface area (Å²) in [6.07, 6.45) is 2.17. The van der Waals surface area contributed by atoms with Crippen molar-refractivity contribution in [3.8, 4) is 6.01 Å². The molecule has 7 nitrogen and oxygen atoms in total. The van der Waals surface area contributed by atoms with E-state index in [0.717, 1.165) is 19.3 Å². The highest BCUT2D eigenvalue weighted by Crippen LogP contribution is 2.11. The van der Waals surface area contributed by atoms with Crippen LogP contribution in [0.5, 0.6) is 6.01 Å². The number of rotatable bonds is 9. The van der Waals surface area contributed by atoms with Crippen LogP contribution in [0, 0.1) is 0 Å². The minimum atomic E-state index is -0.403. The van der Waals surface area contributed by atoms with Gasteiger partial charge in [-0.3, -0.25) is 0 Å². The zero-order valence-electron chi connectivity index (χ0n) is 11.8. The molecule has 1 heterocycles. The highest BCUT2D eigenvalue weighted by molar-refractivity contribution is 5.35. The van der Waals surface area contributed by atoms with E-state index in [1.807, 2.05) is 13.8 Å². The fourth-order valence-electron chi connectivity index (χ4n) is 1.45. The van der Waals surface area contributed by atoms with Crippen LogP contribution in [0.3, 0.4) is 0 Å². The summed E-state index contributed by atoms with van der Waals surface area (Å²) in [6.45, 7) is 5.02. The van der Waals surface area contributed by atoms with Gasteiger partial charge in [0.1, 0.15) is 0 Å². The molecule has 0 radical (unpaired) electrons. The number of ether oxygens (including phenoxy) is 1. The Morgan fingerprint density at radius 2 is 1.89 bits per heavy atom. The van der Waals surface area contributed by atoms with Crippen LogP contribution >= 0.6 is 0 Å². The molecule has 0 amide bonds. The van der Waals surface area contributed by atoms with Crippen LogP contribution in [0.2, 0.25) is 0 Å². The monoisotopic (exact) mass is 269 g/mol. The molecular formula is C12H23N5O2. The first-order chi connectivity index (χ1) is 9.19. The minimum Gasteiger partial charge on any atom is -0.463 e. The van der Waals surface area contributed by atoms with Crippen LogP contribution in [-0.4, -0.2) is 46.4 Å². The van der Waals surface area contributed by atoms with Crippen molar-refractivity contribution in [1.82, 2.24) is 15.0 Å². The van der Waals surface area contributed by atoms with Gasteiger partial charge in [0.2, 0.25) is 11.9 Å². The summed E-state index contributed by atoms with van der Waals surface area (Å²) in [5.41, 5.74) is 0. The molecule has 0 aromatic carbocycles. The molecule has 1 aromatic rings. The summed E-state index contributed by atoms with van der Waals surface area (Å²) >= 11 is 0. The van der Waals surface area contributed by atoms with Crippen LogP contribution in [-0.2, 0) is 0 Å². The van der Waals surface area contributed by atoms with Gasteiger partial charge in [-0.25, -0.2) is 0 Å². The van der Waals surface area contributed by atoms with Crippen LogP contribution in [0.25, 0.3) is 0 Å². The molecule has 0 saturated carbocycles. The van der Waals surface area contributed by atoms with Crippen LogP contribution in [0.1, 0.15) is 33.1 Å². The van der Waals surface area contributed by atoms with E-state index >= 15 is 0 Å². The first-order valence-electron chi connectivity index (χ1n) is 6.68. The fourth-order valence-corrected chi connectivity index (χ4v) is 1.45. The summed E-state index contributed by atoms with van der Waals surface area (Å²) < 4.78 is 5.39. The number of anilines is 2. The van der Waals surface area contributed by atoms with Crippen molar-refractivity contribution < 1.29 is 9.84 Å². The maximum atomic E-state index is 9.67. The van der Waals surface area contributed by atoms with Gasteiger partial charge in [0, 0.05) is 13.6 Å². The van der Waals surface area contributed by atoms with Crippen molar-refractivity contribution in [3.05, 3.63) is 0 Å². The van der Waals surface area contributed by atoms with Crippen molar-refractivity contribution >= 4 is 11.9 Å². The second-order valence-electron chi connectivity index (χ2n) is 4.19. The number of nitrogens with zero attached hydrogens (tertiary/aromatic N) is 3. The molecule has 3 N–H and O–H groups in total. The molecule has 1 atom stereocenters. The smallest absolute Gasteiger partial charge is 0.323 e. The number of aliphatic hydroxyl groups excluding tert-OH is 1. The molecule has 0 saturated heterocycles. The van der Waals surface area contributed by atoms with E-state index in [0.29, 0.717) is 25.0 Å². The van der Waals surface area contributed by atoms with E-state index in [-0.39, 0.29) is 6.01 Å². The zero-order chi connectivity index (χ0) is 14.1. The number of aliphatic hydroxyl groups is 1. The maximum absolute atomic E-state index is 9.67. The summed E-state index contributed by atoms with van der Waals surface area (Å²) in [6, 6.07) is 0.286. The third-order valence-corrected chi connectivity index (χ3v) is 2.39. The van der Waals surface area contributed by atoms with Gasteiger partial charge in [-0.15, -0.1) is 0 Å². The van der Waals surface area contributed by atoms with E-state index in [4.69, 9.17) is 4.74 Å². The lowest BCUT2D eigenvalue weighted by atomic mass is 10.2. The van der Waals surface area contributed by atoms with Crippen LogP contribution in [0.15, 0.2) is 0 Å². The highest BCUT2D eigenvalue weighted by Gasteiger charge is 2.08. The van der Waals surface area contributed by atoms with Crippen LogP contribution < -0.4 is 15.4 Å². The van der Waals surface area contributed by atoms with Gasteiger partial charge in [0.25, 0.3) is 0 Å². The molecule has 0 spiro atoms. The molecule has 0 aliphatic carbocycles. The van der Waals surface area contributed by atoms with Gasteiger partial charge in [-0.05, 0) is 12.8 Å². The van der Waals surface area contributed by atoms with Crippen molar-refractivity contribution in [2.24, 2.45) is 0 Å². The lowest BCUT2D eigenvalue weighted by molar-refractivity contribution is 0.176. The van der Waals surface area contributed by atoms with Crippen molar-refractivity contribution in [1.29, 1.82) is 0 Å². The first-order valence-corrected chi connectivity index (χ1v) is 6.68. The van der Waals surface area contributed by atoms with E-state index in [2.05, 4.69) is 25.6 Å². The van der Waals surface area contributed by atoms with Crippen molar-refractivity contribution in [2.45, 2.75) is 39.2 Å². The summed E-state index contributed by atoms with van der Waals surface area (Å²) in [5, 5.41) is 15.5. The predicted molar refractivity (Wildman–Crippen MR) is 74.6 cm³/mol.